The molecule has 0 aromatic carbocycles. The average Bonchev–Trinajstić information content (AvgIpc) is 3.06. The van der Waals surface area contributed by atoms with Crippen molar-refractivity contribution < 1.29 is 14.3 Å². The summed E-state index contributed by atoms with van der Waals surface area (Å²) in [6.45, 7) is 3.76. The van der Waals surface area contributed by atoms with Gasteiger partial charge in [-0.1, -0.05) is 19.3 Å². The number of anilines is 2. The van der Waals surface area contributed by atoms with Crippen LogP contribution in [0.25, 0.3) is 0 Å². The molecule has 1 aliphatic carbocycles. The average molecular weight is 359 g/mol. The summed E-state index contributed by atoms with van der Waals surface area (Å²) in [6.07, 6.45) is 4.38. The van der Waals surface area contributed by atoms with Gasteiger partial charge in [-0.25, -0.2) is 9.97 Å². The molecule has 3 rings (SSSR count). The number of methoxy groups -OCH3 is 2. The molecule has 2 heterocycles. The summed E-state index contributed by atoms with van der Waals surface area (Å²) in [4.78, 5) is 21.9. The lowest BCUT2D eigenvalue weighted by Crippen LogP contribution is -2.41. The second kappa shape index (κ2) is 7.31. The summed E-state index contributed by atoms with van der Waals surface area (Å²) >= 11 is 0. The zero-order valence-corrected chi connectivity index (χ0v) is 15.7. The molecule has 1 saturated carbocycles. The lowest BCUT2D eigenvalue weighted by molar-refractivity contribution is -0.149. The number of carbonyl (C=O) groups is 1. The van der Waals surface area contributed by atoms with E-state index in [1.807, 2.05) is 19.9 Å². The molecule has 140 valence electrons. The van der Waals surface area contributed by atoms with Gasteiger partial charge in [0, 0.05) is 11.8 Å². The number of aryl methyl sites for hydroxylation is 2. The van der Waals surface area contributed by atoms with Gasteiger partial charge in [-0.2, -0.15) is 5.10 Å². The first-order valence-electron chi connectivity index (χ1n) is 8.80. The number of nitrogens with zero attached hydrogens (tertiary/aromatic N) is 3. The maximum atomic E-state index is 12.7. The Morgan fingerprint density at radius 2 is 1.92 bits per heavy atom. The lowest BCUT2D eigenvalue weighted by atomic mass is 9.73. The van der Waals surface area contributed by atoms with Crippen molar-refractivity contribution >= 4 is 17.6 Å². The molecule has 0 spiro atoms. The van der Waals surface area contributed by atoms with Crippen molar-refractivity contribution in [2.75, 3.05) is 19.5 Å². The van der Waals surface area contributed by atoms with Crippen LogP contribution in [-0.2, 0) is 14.9 Å². The molecule has 0 bridgehead atoms. The van der Waals surface area contributed by atoms with Gasteiger partial charge >= 0.3 is 5.97 Å². The predicted octanol–water partition coefficient (Wildman–Crippen LogP) is 2.94. The Morgan fingerprint density at radius 3 is 2.50 bits per heavy atom. The van der Waals surface area contributed by atoms with E-state index in [0.29, 0.717) is 41.7 Å². The van der Waals surface area contributed by atoms with Crippen molar-refractivity contribution in [3.05, 3.63) is 23.3 Å². The minimum Gasteiger partial charge on any atom is -0.491 e. The molecule has 2 aromatic heterocycles. The number of esters is 1. The zero-order chi connectivity index (χ0) is 18.7. The van der Waals surface area contributed by atoms with E-state index >= 15 is 0 Å². The van der Waals surface area contributed by atoms with Crippen molar-refractivity contribution in [3.63, 3.8) is 0 Å². The third kappa shape index (κ3) is 3.23. The minimum atomic E-state index is -0.804. The van der Waals surface area contributed by atoms with Crippen LogP contribution in [0.5, 0.6) is 5.75 Å². The number of hydrogen-bond acceptors (Lipinski definition) is 7. The van der Waals surface area contributed by atoms with Crippen LogP contribution >= 0.6 is 0 Å². The van der Waals surface area contributed by atoms with Gasteiger partial charge in [0.05, 0.1) is 19.9 Å². The first kappa shape index (κ1) is 18.2. The van der Waals surface area contributed by atoms with Crippen molar-refractivity contribution in [2.24, 2.45) is 0 Å². The van der Waals surface area contributed by atoms with Crippen LogP contribution in [0.1, 0.15) is 49.3 Å². The molecular formula is C18H25N5O3. The maximum Gasteiger partial charge on any atom is 0.319 e. The van der Waals surface area contributed by atoms with E-state index in [2.05, 4.69) is 25.5 Å². The Kier molecular flexibility index (Phi) is 5.11. The molecule has 0 saturated heterocycles. The number of ether oxygens (including phenoxy) is 2. The number of hydrogen-bond donors (Lipinski definition) is 2. The zero-order valence-electron chi connectivity index (χ0n) is 15.7. The summed E-state index contributed by atoms with van der Waals surface area (Å²) in [5.41, 5.74) is 0.791. The highest BCUT2D eigenvalue weighted by Gasteiger charge is 2.45. The van der Waals surface area contributed by atoms with E-state index in [0.717, 1.165) is 25.0 Å². The lowest BCUT2D eigenvalue weighted by Gasteiger charge is -2.33. The van der Waals surface area contributed by atoms with E-state index in [1.54, 1.807) is 7.11 Å². The number of carbonyl (C=O) groups excluding carboxylic acids is 1. The summed E-state index contributed by atoms with van der Waals surface area (Å²) in [5.74, 6) is 1.86. The van der Waals surface area contributed by atoms with Crippen molar-refractivity contribution in [2.45, 2.75) is 51.4 Å². The Morgan fingerprint density at radius 1 is 1.19 bits per heavy atom. The fraction of sp³-hybridized carbons (Fsp3) is 0.556. The number of rotatable bonds is 5. The number of aromatic nitrogens is 4. The van der Waals surface area contributed by atoms with Crippen LogP contribution < -0.4 is 10.1 Å². The van der Waals surface area contributed by atoms with Crippen LogP contribution in [0.3, 0.4) is 0 Å². The smallest absolute Gasteiger partial charge is 0.319 e. The Hall–Kier alpha value is -2.64. The van der Waals surface area contributed by atoms with Gasteiger partial charge in [0.2, 0.25) is 0 Å². The fourth-order valence-corrected chi connectivity index (χ4v) is 3.58. The Balaban J connectivity index is 2.08. The van der Waals surface area contributed by atoms with Crippen LogP contribution in [0, 0.1) is 13.8 Å². The van der Waals surface area contributed by atoms with Crippen molar-refractivity contribution in [3.8, 4) is 5.75 Å². The minimum absolute atomic E-state index is 0.275. The summed E-state index contributed by atoms with van der Waals surface area (Å²) in [5, 5.41) is 10.2. The first-order valence-corrected chi connectivity index (χ1v) is 8.80. The molecule has 8 nitrogen and oxygen atoms in total. The standard InChI is InChI=1S/C18H25N5O3/c1-11-10-13(23-22-11)20-15-14(25-3)12(2)19-16(21-15)18(17(24)26-4)8-6-5-7-9-18/h10H,5-9H2,1-4H3,(H2,19,20,21,22,23). The van der Waals surface area contributed by atoms with Gasteiger partial charge in [-0.3, -0.25) is 9.89 Å². The summed E-state index contributed by atoms with van der Waals surface area (Å²) < 4.78 is 10.6. The van der Waals surface area contributed by atoms with E-state index < -0.39 is 5.41 Å². The third-order valence-electron chi connectivity index (χ3n) is 4.90. The van der Waals surface area contributed by atoms with Gasteiger partial charge in [0.25, 0.3) is 0 Å². The van der Waals surface area contributed by atoms with E-state index in [4.69, 9.17) is 9.47 Å². The molecule has 26 heavy (non-hydrogen) atoms. The second-order valence-electron chi connectivity index (χ2n) is 6.71. The second-order valence-corrected chi connectivity index (χ2v) is 6.71. The molecule has 2 aromatic rings. The van der Waals surface area contributed by atoms with Crippen LogP contribution in [0.2, 0.25) is 0 Å². The monoisotopic (exact) mass is 359 g/mol. The van der Waals surface area contributed by atoms with Crippen LogP contribution in [0.4, 0.5) is 11.6 Å². The van der Waals surface area contributed by atoms with E-state index in [-0.39, 0.29) is 5.97 Å². The fourth-order valence-electron chi connectivity index (χ4n) is 3.58. The number of aromatic amines is 1. The van der Waals surface area contributed by atoms with Gasteiger partial charge < -0.3 is 14.8 Å². The summed E-state index contributed by atoms with van der Waals surface area (Å²) in [6, 6.07) is 1.87. The topological polar surface area (TPSA) is 102 Å². The van der Waals surface area contributed by atoms with Crippen LogP contribution in [0.15, 0.2) is 6.07 Å². The van der Waals surface area contributed by atoms with E-state index in [9.17, 15) is 4.79 Å². The molecule has 0 aliphatic heterocycles. The molecule has 0 unspecified atom stereocenters. The quantitative estimate of drug-likeness (QED) is 0.791. The molecule has 2 N–H and O–H groups in total. The molecule has 0 amide bonds. The maximum absolute atomic E-state index is 12.7. The highest BCUT2D eigenvalue weighted by Crippen LogP contribution is 2.41. The van der Waals surface area contributed by atoms with E-state index in [1.165, 1.54) is 7.11 Å². The molecule has 0 radical (unpaired) electrons. The first-order chi connectivity index (χ1) is 12.5. The van der Waals surface area contributed by atoms with Crippen LogP contribution in [-0.4, -0.2) is 40.4 Å². The Labute approximate surface area is 152 Å². The van der Waals surface area contributed by atoms with Crippen molar-refractivity contribution in [1.82, 2.24) is 20.2 Å². The number of nitrogens with one attached hydrogen (secondary N) is 2. The summed E-state index contributed by atoms with van der Waals surface area (Å²) in [7, 11) is 2.99. The third-order valence-corrected chi connectivity index (χ3v) is 4.90. The molecule has 0 atom stereocenters. The van der Waals surface area contributed by atoms with Gasteiger partial charge in [-0.15, -0.1) is 0 Å². The molecule has 1 aliphatic rings. The normalized spacial score (nSPS) is 16.2. The van der Waals surface area contributed by atoms with Gasteiger partial charge in [0.1, 0.15) is 11.2 Å². The van der Waals surface area contributed by atoms with Gasteiger partial charge in [-0.05, 0) is 26.7 Å². The van der Waals surface area contributed by atoms with Gasteiger partial charge in [0.15, 0.2) is 17.4 Å². The van der Waals surface area contributed by atoms with Crippen molar-refractivity contribution in [1.29, 1.82) is 0 Å². The highest BCUT2D eigenvalue weighted by atomic mass is 16.5. The molecule has 8 heteroatoms. The molecular weight excluding hydrogens is 334 g/mol. The highest BCUT2D eigenvalue weighted by molar-refractivity contribution is 5.82. The molecule has 1 fully saturated rings. The largest absolute Gasteiger partial charge is 0.491 e. The predicted molar refractivity (Wildman–Crippen MR) is 96.7 cm³/mol. The Bertz CT molecular complexity index is 796. The SMILES string of the molecule is COC(=O)C1(c2nc(C)c(OC)c(Nc3cc(C)[nH]n3)n2)CCCCC1. The number of H-pyrrole nitrogens is 1.